The average molecular weight is 555 g/mol. The third-order valence-corrected chi connectivity index (χ3v) is 9.47. The van der Waals surface area contributed by atoms with Gasteiger partial charge >= 0.3 is 0 Å². The maximum atomic E-state index is 4.83. The molecule has 8 rings (SSSR count). The van der Waals surface area contributed by atoms with Gasteiger partial charge in [0, 0.05) is 68.1 Å². The van der Waals surface area contributed by atoms with Crippen molar-refractivity contribution in [3.05, 3.63) is 101 Å². The Balaban J connectivity index is 1.09. The van der Waals surface area contributed by atoms with Crippen LogP contribution in [0, 0.1) is 6.92 Å². The predicted molar refractivity (Wildman–Crippen MR) is 171 cm³/mol. The van der Waals surface area contributed by atoms with Gasteiger partial charge in [0.25, 0.3) is 0 Å². The van der Waals surface area contributed by atoms with Crippen LogP contribution in [0.2, 0.25) is 0 Å². The van der Waals surface area contributed by atoms with Crippen LogP contribution in [0.5, 0.6) is 0 Å². The lowest BCUT2D eigenvalue weighted by Crippen LogP contribution is -2.42. The molecule has 2 N–H and O–H groups in total. The number of piperazine rings is 1. The smallest absolute Gasteiger partial charge is 0.141 e. The van der Waals surface area contributed by atoms with Gasteiger partial charge in [-0.15, -0.1) is 0 Å². The molecule has 2 fully saturated rings. The molecule has 2 aromatic heterocycles. The first-order chi connectivity index (χ1) is 20.7. The van der Waals surface area contributed by atoms with E-state index >= 15 is 0 Å². The largest absolute Gasteiger partial charge is 0.367 e. The van der Waals surface area contributed by atoms with Gasteiger partial charge in [0.15, 0.2) is 0 Å². The van der Waals surface area contributed by atoms with Crippen LogP contribution < -0.4 is 10.2 Å². The van der Waals surface area contributed by atoms with E-state index in [9.17, 15) is 0 Å². The number of anilines is 1. The molecule has 2 aliphatic heterocycles. The fourth-order valence-corrected chi connectivity index (χ4v) is 6.95. The number of hydrogen-bond donors (Lipinski definition) is 2. The summed E-state index contributed by atoms with van der Waals surface area (Å²) in [6.07, 6.45) is 5.52. The van der Waals surface area contributed by atoms with Crippen LogP contribution in [0.15, 0.2) is 73.1 Å². The summed E-state index contributed by atoms with van der Waals surface area (Å²) in [5, 5.41) is 4.51. The van der Waals surface area contributed by atoms with Crippen molar-refractivity contribution in [3.63, 3.8) is 0 Å². The number of H-pyrrole nitrogens is 1. The molecule has 6 heteroatoms. The second-order valence-electron chi connectivity index (χ2n) is 12.3. The Bertz CT molecular complexity index is 1760. The summed E-state index contributed by atoms with van der Waals surface area (Å²) in [4.78, 5) is 18.1. The molecular weight excluding hydrogens is 516 g/mol. The van der Waals surface area contributed by atoms with Crippen molar-refractivity contribution in [2.24, 2.45) is 0 Å². The van der Waals surface area contributed by atoms with Crippen LogP contribution in [0.4, 0.5) is 5.69 Å². The molecule has 0 radical (unpaired) electrons. The van der Waals surface area contributed by atoms with Crippen LogP contribution >= 0.6 is 0 Å². The number of nitrogens with one attached hydrogen (secondary N) is 2. The van der Waals surface area contributed by atoms with Crippen molar-refractivity contribution in [3.8, 4) is 22.5 Å². The Morgan fingerprint density at radius 2 is 1.76 bits per heavy atom. The highest BCUT2D eigenvalue weighted by Crippen LogP contribution is 2.42. The Morgan fingerprint density at radius 3 is 2.64 bits per heavy atom. The lowest BCUT2D eigenvalue weighted by molar-refractivity contribution is 0.233. The third-order valence-electron chi connectivity index (χ3n) is 9.47. The average Bonchev–Trinajstić information content (AvgIpc) is 3.79. The molecule has 0 atom stereocenters. The van der Waals surface area contributed by atoms with E-state index in [0.29, 0.717) is 0 Å². The van der Waals surface area contributed by atoms with Crippen molar-refractivity contribution in [2.75, 3.05) is 37.6 Å². The molecule has 6 nitrogen and oxygen atoms in total. The quantitative estimate of drug-likeness (QED) is 0.253. The molecule has 3 aromatic carbocycles. The molecule has 3 aliphatic rings. The number of aromatic amines is 1. The lowest BCUT2D eigenvalue weighted by Gasteiger charge is -2.32. The standard InChI is InChI=1S/C36H38N6/c1-24-31(6-3-7-34(24)42-15-12-28-19-27(26-8-9-26)10-11-30(28)22-42)35-32-20-33(40-36(32)39-23-38-35)29-5-2-4-25(18-29)21-41-16-13-37-14-17-41/h2-7,10-11,18-20,23,26,37H,8-9,12-17,21-22H2,1H3,(H,38,39,40). The molecule has 4 heterocycles. The van der Waals surface area contributed by atoms with Crippen LogP contribution in [0.1, 0.15) is 46.6 Å². The van der Waals surface area contributed by atoms with Crippen LogP contribution in [-0.4, -0.2) is 52.6 Å². The molecule has 0 bridgehead atoms. The zero-order valence-corrected chi connectivity index (χ0v) is 24.4. The van der Waals surface area contributed by atoms with Crippen LogP contribution in [0.3, 0.4) is 0 Å². The SMILES string of the molecule is Cc1c(-c2ncnc3[nH]c(-c4cccc(CN5CCNCC5)c4)cc23)cccc1N1CCc2cc(C3CC3)ccc2C1. The number of nitrogens with zero attached hydrogens (tertiary/aromatic N) is 4. The van der Waals surface area contributed by atoms with Gasteiger partial charge < -0.3 is 15.2 Å². The number of aromatic nitrogens is 3. The molecule has 1 saturated carbocycles. The van der Waals surface area contributed by atoms with Crippen LogP contribution in [0.25, 0.3) is 33.5 Å². The normalized spacial score (nSPS) is 17.5. The van der Waals surface area contributed by atoms with E-state index in [4.69, 9.17) is 4.98 Å². The van der Waals surface area contributed by atoms with E-state index in [-0.39, 0.29) is 0 Å². The van der Waals surface area contributed by atoms with Crippen molar-refractivity contribution in [1.82, 2.24) is 25.2 Å². The van der Waals surface area contributed by atoms with Crippen molar-refractivity contribution in [1.29, 1.82) is 0 Å². The van der Waals surface area contributed by atoms with Gasteiger partial charge in [0.1, 0.15) is 12.0 Å². The molecule has 212 valence electrons. The number of fused-ring (bicyclic) bond motifs is 2. The van der Waals surface area contributed by atoms with E-state index in [1.165, 1.54) is 46.3 Å². The van der Waals surface area contributed by atoms with Gasteiger partial charge in [-0.1, -0.05) is 48.5 Å². The Kier molecular flexibility index (Phi) is 6.53. The lowest BCUT2D eigenvalue weighted by atomic mass is 9.94. The highest BCUT2D eigenvalue weighted by Gasteiger charge is 2.26. The fourth-order valence-electron chi connectivity index (χ4n) is 6.95. The van der Waals surface area contributed by atoms with Gasteiger partial charge in [0.05, 0.1) is 5.69 Å². The fraction of sp³-hybridized carbons (Fsp3) is 0.333. The summed E-state index contributed by atoms with van der Waals surface area (Å²) in [5.74, 6) is 0.812. The monoisotopic (exact) mass is 554 g/mol. The molecule has 0 amide bonds. The Hall–Kier alpha value is -4.00. The van der Waals surface area contributed by atoms with E-state index < -0.39 is 0 Å². The summed E-state index contributed by atoms with van der Waals surface area (Å²) in [5.41, 5.74) is 13.8. The highest BCUT2D eigenvalue weighted by atomic mass is 15.2. The van der Waals surface area contributed by atoms with Gasteiger partial charge in [-0.05, 0) is 83.7 Å². The van der Waals surface area contributed by atoms with E-state index in [1.807, 2.05) is 0 Å². The Labute approximate surface area is 247 Å². The van der Waals surface area contributed by atoms with Gasteiger partial charge in [0.2, 0.25) is 0 Å². The first kappa shape index (κ1) is 25.7. The maximum absolute atomic E-state index is 4.83. The van der Waals surface area contributed by atoms with E-state index in [0.717, 1.165) is 80.6 Å². The minimum Gasteiger partial charge on any atom is -0.367 e. The zero-order valence-electron chi connectivity index (χ0n) is 24.4. The summed E-state index contributed by atoms with van der Waals surface area (Å²) in [6.45, 7) is 9.56. The van der Waals surface area contributed by atoms with Crippen molar-refractivity contribution >= 4 is 16.7 Å². The zero-order chi connectivity index (χ0) is 28.0. The second-order valence-corrected chi connectivity index (χ2v) is 12.3. The third kappa shape index (κ3) is 4.89. The molecule has 5 aromatic rings. The van der Waals surface area contributed by atoms with Gasteiger partial charge in [-0.2, -0.15) is 0 Å². The Morgan fingerprint density at radius 1 is 0.881 bits per heavy atom. The predicted octanol–water partition coefficient (Wildman–Crippen LogP) is 6.45. The topological polar surface area (TPSA) is 60.1 Å². The number of rotatable bonds is 6. The maximum Gasteiger partial charge on any atom is 0.141 e. The summed E-state index contributed by atoms with van der Waals surface area (Å²) >= 11 is 0. The molecule has 42 heavy (non-hydrogen) atoms. The highest BCUT2D eigenvalue weighted by molar-refractivity contribution is 5.95. The molecule has 1 saturated heterocycles. The summed E-state index contributed by atoms with van der Waals surface area (Å²) in [7, 11) is 0. The van der Waals surface area contributed by atoms with Crippen molar-refractivity contribution in [2.45, 2.75) is 45.2 Å². The van der Waals surface area contributed by atoms with Gasteiger partial charge in [-0.3, -0.25) is 4.90 Å². The van der Waals surface area contributed by atoms with Crippen LogP contribution in [-0.2, 0) is 19.5 Å². The number of benzene rings is 3. The van der Waals surface area contributed by atoms with Gasteiger partial charge in [-0.25, -0.2) is 9.97 Å². The van der Waals surface area contributed by atoms with E-state index in [1.54, 1.807) is 17.5 Å². The molecule has 0 unspecified atom stereocenters. The minimum atomic E-state index is 0.812. The first-order valence-corrected chi connectivity index (χ1v) is 15.5. The summed E-state index contributed by atoms with van der Waals surface area (Å²) < 4.78 is 0. The molecule has 0 spiro atoms. The second kappa shape index (κ2) is 10.7. The van der Waals surface area contributed by atoms with E-state index in [2.05, 4.69) is 98.7 Å². The minimum absolute atomic E-state index is 0.812. The molecule has 1 aliphatic carbocycles. The first-order valence-electron chi connectivity index (χ1n) is 15.5. The van der Waals surface area contributed by atoms with Crippen molar-refractivity contribution < 1.29 is 0 Å². The summed E-state index contributed by atoms with van der Waals surface area (Å²) in [6, 6.07) is 25.0. The number of hydrogen-bond acceptors (Lipinski definition) is 5. The molecular formula is C36H38N6.